The Morgan fingerprint density at radius 2 is 2.21 bits per heavy atom. The maximum absolute atomic E-state index is 11.1. The molecule has 1 aromatic carbocycles. The minimum atomic E-state index is -0.334. The summed E-state index contributed by atoms with van der Waals surface area (Å²) in [5, 5.41) is 14.3. The van der Waals surface area contributed by atoms with Crippen molar-refractivity contribution >= 4 is 17.3 Å². The predicted molar refractivity (Wildman–Crippen MR) is 57.0 cm³/mol. The second-order valence-corrected chi connectivity index (χ2v) is 2.71. The molecule has 0 spiro atoms. The number of hydroxylamine groups is 1. The maximum atomic E-state index is 11.1. The molecule has 0 heterocycles. The van der Waals surface area contributed by atoms with Crippen LogP contribution in [0.2, 0.25) is 0 Å². The van der Waals surface area contributed by atoms with Crippen molar-refractivity contribution in [1.29, 1.82) is 0 Å². The standard InChI is InChI=1S/C10H11N2O2/c1-3-10(13)11-8-6-4-5-7-9(8)12(2)14/h3-7H,1H2,2H3,(H,11,13)/q-1. The van der Waals surface area contributed by atoms with Gasteiger partial charge in [-0.3, -0.25) is 4.79 Å². The van der Waals surface area contributed by atoms with Gasteiger partial charge in [0, 0.05) is 5.69 Å². The van der Waals surface area contributed by atoms with Gasteiger partial charge in [-0.05, 0) is 25.3 Å². The zero-order valence-corrected chi connectivity index (χ0v) is 7.86. The first-order valence-corrected chi connectivity index (χ1v) is 4.08. The van der Waals surface area contributed by atoms with E-state index >= 15 is 0 Å². The number of anilines is 2. The first-order valence-electron chi connectivity index (χ1n) is 4.08. The molecule has 0 atom stereocenters. The molecule has 0 radical (unpaired) electrons. The summed E-state index contributed by atoms with van der Waals surface area (Å²) in [6.07, 6.45) is 1.15. The van der Waals surface area contributed by atoms with Crippen LogP contribution in [0, 0.1) is 5.21 Å². The number of hydrogen-bond donors (Lipinski definition) is 1. The third-order valence-corrected chi connectivity index (χ3v) is 1.69. The second-order valence-electron chi connectivity index (χ2n) is 2.71. The molecule has 0 aliphatic heterocycles. The third-order valence-electron chi connectivity index (χ3n) is 1.69. The Labute approximate surface area is 82.4 Å². The maximum Gasteiger partial charge on any atom is 0.247 e. The molecule has 0 bridgehead atoms. The van der Waals surface area contributed by atoms with Crippen LogP contribution in [0.25, 0.3) is 0 Å². The van der Waals surface area contributed by atoms with Crippen LogP contribution >= 0.6 is 0 Å². The van der Waals surface area contributed by atoms with Crippen LogP contribution in [0.15, 0.2) is 36.9 Å². The van der Waals surface area contributed by atoms with Gasteiger partial charge >= 0.3 is 0 Å². The largest absolute Gasteiger partial charge is 0.758 e. The van der Waals surface area contributed by atoms with E-state index in [1.807, 2.05) is 0 Å². The zero-order valence-electron chi connectivity index (χ0n) is 7.86. The highest BCUT2D eigenvalue weighted by atomic mass is 16.5. The Hall–Kier alpha value is -1.81. The highest BCUT2D eigenvalue weighted by molar-refractivity contribution is 6.01. The smallest absolute Gasteiger partial charge is 0.247 e. The Balaban J connectivity index is 2.95. The molecule has 4 heteroatoms. The lowest BCUT2D eigenvalue weighted by Crippen LogP contribution is -2.13. The Kier molecular flexibility index (Phi) is 3.25. The summed E-state index contributed by atoms with van der Waals surface area (Å²) >= 11 is 0. The minimum Gasteiger partial charge on any atom is -0.758 e. The van der Waals surface area contributed by atoms with Gasteiger partial charge in [0.2, 0.25) is 5.91 Å². The average molecular weight is 191 g/mol. The predicted octanol–water partition coefficient (Wildman–Crippen LogP) is 1.75. The van der Waals surface area contributed by atoms with Gasteiger partial charge in [-0.2, -0.15) is 0 Å². The van der Waals surface area contributed by atoms with Crippen LogP contribution in [0.5, 0.6) is 0 Å². The molecule has 14 heavy (non-hydrogen) atoms. The van der Waals surface area contributed by atoms with E-state index in [0.717, 1.165) is 6.08 Å². The SMILES string of the molecule is C=CC(=O)Nc1ccccc1N(C)[O-]. The summed E-state index contributed by atoms with van der Waals surface area (Å²) in [5.41, 5.74) is 0.901. The van der Waals surface area contributed by atoms with E-state index in [1.54, 1.807) is 24.3 Å². The molecule has 1 N–H and O–H groups in total. The van der Waals surface area contributed by atoms with Crippen molar-refractivity contribution in [3.63, 3.8) is 0 Å². The molecular formula is C10H11N2O2-. The van der Waals surface area contributed by atoms with Crippen LogP contribution < -0.4 is 10.4 Å². The molecule has 1 amide bonds. The van der Waals surface area contributed by atoms with Gasteiger partial charge in [-0.1, -0.05) is 18.7 Å². The average Bonchev–Trinajstić information content (AvgIpc) is 2.18. The highest BCUT2D eigenvalue weighted by Gasteiger charge is 2.02. The van der Waals surface area contributed by atoms with Crippen molar-refractivity contribution in [2.45, 2.75) is 0 Å². The lowest BCUT2D eigenvalue weighted by Gasteiger charge is -2.27. The Bertz CT molecular complexity index is 348. The molecule has 0 saturated heterocycles. The number of rotatable bonds is 3. The van der Waals surface area contributed by atoms with Crippen molar-refractivity contribution in [2.75, 3.05) is 17.4 Å². The van der Waals surface area contributed by atoms with Gasteiger partial charge in [0.1, 0.15) is 0 Å². The quantitative estimate of drug-likeness (QED) is 0.585. The lowest BCUT2D eigenvalue weighted by molar-refractivity contribution is -0.111. The van der Waals surface area contributed by atoms with Gasteiger partial charge in [-0.25, -0.2) is 0 Å². The summed E-state index contributed by atoms with van der Waals surface area (Å²) in [7, 11) is 1.37. The zero-order chi connectivity index (χ0) is 10.6. The number of nitrogens with zero attached hydrogens (tertiary/aromatic N) is 1. The van der Waals surface area contributed by atoms with E-state index in [0.29, 0.717) is 16.4 Å². The molecule has 0 aromatic heterocycles. The van der Waals surface area contributed by atoms with E-state index in [4.69, 9.17) is 0 Å². The summed E-state index contributed by atoms with van der Waals surface area (Å²) in [6.45, 7) is 3.33. The molecule has 0 saturated carbocycles. The first-order chi connectivity index (χ1) is 6.65. The van der Waals surface area contributed by atoms with Crippen LogP contribution in [-0.4, -0.2) is 13.0 Å². The van der Waals surface area contributed by atoms with Gasteiger partial charge in [-0.15, -0.1) is 0 Å². The summed E-state index contributed by atoms with van der Waals surface area (Å²) < 4.78 is 0. The fraction of sp³-hybridized carbons (Fsp3) is 0.100. The summed E-state index contributed by atoms with van der Waals surface area (Å²) in [6, 6.07) is 6.76. The number of hydrogen-bond acceptors (Lipinski definition) is 3. The van der Waals surface area contributed by atoms with Gasteiger partial charge in [0.15, 0.2) is 0 Å². The van der Waals surface area contributed by atoms with Gasteiger partial charge in [0.25, 0.3) is 0 Å². The van der Waals surface area contributed by atoms with Gasteiger partial charge in [0.05, 0.1) is 5.69 Å². The van der Waals surface area contributed by atoms with E-state index in [1.165, 1.54) is 7.05 Å². The monoisotopic (exact) mass is 191 g/mol. The normalized spacial score (nSPS) is 9.29. The number of carbonyl (C=O) groups is 1. The number of nitrogens with one attached hydrogen (secondary N) is 1. The number of para-hydroxylation sites is 2. The molecule has 0 aliphatic rings. The van der Waals surface area contributed by atoms with Crippen molar-refractivity contribution in [1.82, 2.24) is 0 Å². The summed E-state index contributed by atoms with van der Waals surface area (Å²) in [5.74, 6) is -0.334. The number of benzene rings is 1. The number of carbonyl (C=O) groups excluding carboxylic acids is 1. The Morgan fingerprint density at radius 3 is 2.79 bits per heavy atom. The van der Waals surface area contributed by atoms with Crippen molar-refractivity contribution in [3.8, 4) is 0 Å². The van der Waals surface area contributed by atoms with E-state index in [2.05, 4.69) is 11.9 Å². The third kappa shape index (κ3) is 2.34. The Morgan fingerprint density at radius 1 is 1.57 bits per heavy atom. The molecule has 74 valence electrons. The fourth-order valence-corrected chi connectivity index (χ4v) is 1.04. The fourth-order valence-electron chi connectivity index (χ4n) is 1.04. The van der Waals surface area contributed by atoms with Crippen LogP contribution in [-0.2, 0) is 4.79 Å². The highest BCUT2D eigenvalue weighted by Crippen LogP contribution is 2.23. The first kappa shape index (κ1) is 10.3. The van der Waals surface area contributed by atoms with Crippen molar-refractivity contribution in [2.24, 2.45) is 0 Å². The van der Waals surface area contributed by atoms with Crippen LogP contribution in [0.3, 0.4) is 0 Å². The summed E-state index contributed by atoms with van der Waals surface area (Å²) in [4.78, 5) is 11.0. The number of amides is 1. The van der Waals surface area contributed by atoms with E-state index in [9.17, 15) is 10.0 Å². The molecule has 1 rings (SSSR count). The van der Waals surface area contributed by atoms with Crippen LogP contribution in [0.1, 0.15) is 0 Å². The van der Waals surface area contributed by atoms with Crippen LogP contribution in [0.4, 0.5) is 11.4 Å². The molecular weight excluding hydrogens is 180 g/mol. The molecule has 4 nitrogen and oxygen atoms in total. The minimum absolute atomic E-state index is 0.334. The van der Waals surface area contributed by atoms with Crippen molar-refractivity contribution in [3.05, 3.63) is 42.1 Å². The van der Waals surface area contributed by atoms with E-state index in [-0.39, 0.29) is 5.91 Å². The molecule has 0 unspecified atom stereocenters. The van der Waals surface area contributed by atoms with E-state index < -0.39 is 0 Å². The van der Waals surface area contributed by atoms with Gasteiger partial charge < -0.3 is 15.6 Å². The molecule has 1 aromatic rings. The molecule has 0 aliphatic carbocycles. The van der Waals surface area contributed by atoms with Crippen molar-refractivity contribution < 1.29 is 4.79 Å². The second kappa shape index (κ2) is 4.43. The molecule has 0 fully saturated rings. The topological polar surface area (TPSA) is 55.4 Å². The lowest BCUT2D eigenvalue weighted by atomic mass is 10.2.